The summed E-state index contributed by atoms with van der Waals surface area (Å²) in [5.74, 6) is -0.730. The number of ether oxygens (including phenoxy) is 1. The van der Waals surface area contributed by atoms with Gasteiger partial charge in [0.05, 0.1) is 0 Å². The molecule has 6 heteroatoms. The number of carbonyl (C=O) groups excluding carboxylic acids is 3. The molecule has 1 aromatic carbocycles. The van der Waals surface area contributed by atoms with Crippen molar-refractivity contribution in [1.29, 1.82) is 0 Å². The summed E-state index contributed by atoms with van der Waals surface area (Å²) < 4.78 is 4.97. The number of hydrogen-bond acceptors (Lipinski definition) is 4. The topological polar surface area (TPSA) is 66.9 Å². The standard InChI is InChI=1S/C15H16N2O4/c1-15(2)13(19)17(14(20)21-15)9-12(18)16-7-10-5-3-4-6-11(10)8-16/h3-6H,7-9H2,1-2H3. The van der Waals surface area contributed by atoms with Gasteiger partial charge in [-0.25, -0.2) is 9.69 Å². The monoisotopic (exact) mass is 288 g/mol. The van der Waals surface area contributed by atoms with Crippen LogP contribution in [0.4, 0.5) is 4.79 Å². The minimum absolute atomic E-state index is 0.255. The lowest BCUT2D eigenvalue weighted by Crippen LogP contribution is -2.43. The number of rotatable bonds is 2. The fourth-order valence-electron chi connectivity index (χ4n) is 2.61. The largest absolute Gasteiger partial charge is 0.433 e. The summed E-state index contributed by atoms with van der Waals surface area (Å²) in [6, 6.07) is 7.80. The third kappa shape index (κ3) is 2.26. The van der Waals surface area contributed by atoms with E-state index in [2.05, 4.69) is 0 Å². The molecule has 0 unspecified atom stereocenters. The van der Waals surface area contributed by atoms with E-state index in [1.54, 1.807) is 4.90 Å². The number of carbonyl (C=O) groups is 3. The van der Waals surface area contributed by atoms with Gasteiger partial charge in [0.1, 0.15) is 6.54 Å². The minimum atomic E-state index is -1.19. The number of nitrogens with zero attached hydrogens (tertiary/aromatic N) is 2. The Bertz CT molecular complexity index is 613. The summed E-state index contributed by atoms with van der Waals surface area (Å²) in [4.78, 5) is 38.5. The predicted octanol–water partition coefficient (Wildman–Crippen LogP) is 1.29. The van der Waals surface area contributed by atoms with Crippen LogP contribution in [0.25, 0.3) is 0 Å². The summed E-state index contributed by atoms with van der Waals surface area (Å²) in [7, 11) is 0. The van der Waals surface area contributed by atoms with Crippen molar-refractivity contribution >= 4 is 17.9 Å². The highest BCUT2D eigenvalue weighted by Crippen LogP contribution is 2.25. The van der Waals surface area contributed by atoms with Gasteiger partial charge < -0.3 is 9.64 Å². The van der Waals surface area contributed by atoms with E-state index in [1.165, 1.54) is 13.8 Å². The lowest BCUT2D eigenvalue weighted by atomic mass is 10.1. The molecule has 2 aliphatic rings. The second-order valence-electron chi connectivity index (χ2n) is 5.79. The molecule has 6 nitrogen and oxygen atoms in total. The van der Waals surface area contributed by atoms with Crippen molar-refractivity contribution in [3.63, 3.8) is 0 Å². The maximum Gasteiger partial charge on any atom is 0.418 e. The van der Waals surface area contributed by atoms with E-state index >= 15 is 0 Å². The first-order valence-electron chi connectivity index (χ1n) is 6.78. The van der Waals surface area contributed by atoms with Crippen LogP contribution in [0.3, 0.4) is 0 Å². The highest BCUT2D eigenvalue weighted by Gasteiger charge is 2.48. The van der Waals surface area contributed by atoms with Gasteiger partial charge in [-0.1, -0.05) is 24.3 Å². The fraction of sp³-hybridized carbons (Fsp3) is 0.400. The summed E-state index contributed by atoms with van der Waals surface area (Å²) in [5, 5.41) is 0. The highest BCUT2D eigenvalue weighted by atomic mass is 16.6. The van der Waals surface area contributed by atoms with E-state index in [9.17, 15) is 14.4 Å². The van der Waals surface area contributed by atoms with Crippen molar-refractivity contribution < 1.29 is 19.1 Å². The Balaban J connectivity index is 1.69. The summed E-state index contributed by atoms with van der Waals surface area (Å²) in [5.41, 5.74) is 1.01. The second-order valence-corrected chi connectivity index (χ2v) is 5.79. The first-order chi connectivity index (χ1) is 9.88. The van der Waals surface area contributed by atoms with E-state index in [4.69, 9.17) is 4.74 Å². The molecule has 2 aliphatic heterocycles. The Kier molecular flexibility index (Phi) is 2.97. The Morgan fingerprint density at radius 1 is 1.19 bits per heavy atom. The Morgan fingerprint density at radius 3 is 2.24 bits per heavy atom. The molecule has 0 spiro atoms. The molecule has 1 fully saturated rings. The summed E-state index contributed by atoms with van der Waals surface area (Å²) in [6.45, 7) is 3.78. The molecule has 3 rings (SSSR count). The van der Waals surface area contributed by atoms with Crippen LogP contribution in [-0.2, 0) is 27.4 Å². The molecule has 1 saturated heterocycles. The molecule has 2 heterocycles. The van der Waals surface area contributed by atoms with Crippen LogP contribution in [0.15, 0.2) is 24.3 Å². The van der Waals surface area contributed by atoms with Gasteiger partial charge in [0.25, 0.3) is 5.91 Å². The maximum absolute atomic E-state index is 12.3. The molecule has 0 aliphatic carbocycles. The summed E-state index contributed by atoms with van der Waals surface area (Å²) in [6.07, 6.45) is -0.755. The number of hydrogen-bond donors (Lipinski definition) is 0. The molecule has 0 atom stereocenters. The van der Waals surface area contributed by atoms with Gasteiger partial charge >= 0.3 is 6.09 Å². The van der Waals surface area contributed by atoms with Crippen LogP contribution in [0.5, 0.6) is 0 Å². The van der Waals surface area contributed by atoms with Crippen LogP contribution in [0.2, 0.25) is 0 Å². The molecule has 110 valence electrons. The van der Waals surface area contributed by atoms with Crippen LogP contribution in [0, 0.1) is 0 Å². The van der Waals surface area contributed by atoms with E-state index in [-0.39, 0.29) is 12.5 Å². The smallest absolute Gasteiger partial charge is 0.418 e. The number of fused-ring (bicyclic) bond motifs is 1. The molecule has 1 aromatic rings. The van der Waals surface area contributed by atoms with Gasteiger partial charge in [0, 0.05) is 13.1 Å². The average Bonchev–Trinajstić information content (AvgIpc) is 2.93. The minimum Gasteiger partial charge on any atom is -0.433 e. The van der Waals surface area contributed by atoms with Gasteiger partial charge in [0.15, 0.2) is 5.60 Å². The number of imide groups is 1. The third-order valence-corrected chi connectivity index (χ3v) is 3.81. The molecule has 3 amide bonds. The van der Waals surface area contributed by atoms with Gasteiger partial charge in [-0.15, -0.1) is 0 Å². The van der Waals surface area contributed by atoms with E-state index in [0.29, 0.717) is 13.1 Å². The molecule has 21 heavy (non-hydrogen) atoms. The zero-order chi connectivity index (χ0) is 15.2. The van der Waals surface area contributed by atoms with E-state index < -0.39 is 17.6 Å². The Hall–Kier alpha value is -2.37. The van der Waals surface area contributed by atoms with Crippen molar-refractivity contribution in [2.75, 3.05) is 6.54 Å². The molecular weight excluding hydrogens is 272 g/mol. The van der Waals surface area contributed by atoms with Crippen molar-refractivity contribution in [2.45, 2.75) is 32.5 Å². The molecule has 0 saturated carbocycles. The van der Waals surface area contributed by atoms with Gasteiger partial charge in [0.2, 0.25) is 5.91 Å². The van der Waals surface area contributed by atoms with Crippen molar-refractivity contribution in [1.82, 2.24) is 9.80 Å². The predicted molar refractivity (Wildman–Crippen MR) is 73.0 cm³/mol. The quantitative estimate of drug-likeness (QED) is 0.822. The zero-order valence-electron chi connectivity index (χ0n) is 12.0. The SMILES string of the molecule is CC1(C)OC(=O)N(CC(=O)N2Cc3ccccc3C2)C1=O. The zero-order valence-corrected chi connectivity index (χ0v) is 12.0. The highest BCUT2D eigenvalue weighted by molar-refractivity contribution is 6.04. The van der Waals surface area contributed by atoms with Gasteiger partial charge in [-0.2, -0.15) is 0 Å². The van der Waals surface area contributed by atoms with Crippen LogP contribution in [-0.4, -0.2) is 39.9 Å². The maximum atomic E-state index is 12.3. The number of cyclic esters (lactones) is 1. The van der Waals surface area contributed by atoms with Crippen LogP contribution < -0.4 is 0 Å². The lowest BCUT2D eigenvalue weighted by Gasteiger charge is -2.19. The number of benzene rings is 1. The van der Waals surface area contributed by atoms with Gasteiger partial charge in [-0.05, 0) is 25.0 Å². The summed E-state index contributed by atoms with van der Waals surface area (Å²) >= 11 is 0. The molecular formula is C15H16N2O4. The first-order valence-corrected chi connectivity index (χ1v) is 6.78. The molecule has 0 bridgehead atoms. The van der Waals surface area contributed by atoms with E-state index in [0.717, 1.165) is 16.0 Å². The molecule has 0 aromatic heterocycles. The number of amides is 3. The first kappa shape index (κ1) is 13.6. The van der Waals surface area contributed by atoms with Crippen molar-refractivity contribution in [2.24, 2.45) is 0 Å². The van der Waals surface area contributed by atoms with Crippen molar-refractivity contribution in [3.05, 3.63) is 35.4 Å². The van der Waals surface area contributed by atoms with E-state index in [1.807, 2.05) is 24.3 Å². The van der Waals surface area contributed by atoms with Crippen LogP contribution in [0.1, 0.15) is 25.0 Å². The third-order valence-electron chi connectivity index (χ3n) is 3.81. The van der Waals surface area contributed by atoms with Crippen molar-refractivity contribution in [3.8, 4) is 0 Å². The Labute approximate surface area is 122 Å². The van der Waals surface area contributed by atoms with Crippen LogP contribution >= 0.6 is 0 Å². The molecule has 0 N–H and O–H groups in total. The normalized spacial score (nSPS) is 19.7. The lowest BCUT2D eigenvalue weighted by molar-refractivity contribution is -0.140. The van der Waals surface area contributed by atoms with Gasteiger partial charge in [-0.3, -0.25) is 9.59 Å². The second kappa shape index (κ2) is 4.58. The average molecular weight is 288 g/mol. The fourth-order valence-corrected chi connectivity index (χ4v) is 2.61. The Morgan fingerprint density at radius 2 is 1.76 bits per heavy atom. The molecule has 0 radical (unpaired) electrons.